The maximum absolute atomic E-state index is 14.8. The van der Waals surface area contributed by atoms with Crippen molar-refractivity contribution in [3.8, 4) is 17.2 Å². The monoisotopic (exact) mass is 799 g/mol. The number of methoxy groups -OCH3 is 1. The number of aliphatic hydroxyl groups is 2. The molecule has 4 aromatic rings. The van der Waals surface area contributed by atoms with E-state index >= 15 is 0 Å². The fourth-order valence-electron chi connectivity index (χ4n) is 8.18. The number of imidazole rings is 1. The van der Waals surface area contributed by atoms with Gasteiger partial charge in [-0.2, -0.15) is 0 Å². The fourth-order valence-corrected chi connectivity index (χ4v) is 8.18. The first-order valence-electron chi connectivity index (χ1n) is 19.4. The zero-order valence-corrected chi connectivity index (χ0v) is 34.5. The van der Waals surface area contributed by atoms with Gasteiger partial charge in [0.1, 0.15) is 46.6 Å². The molecule has 9 atom stereocenters. The maximum atomic E-state index is 14.8. The van der Waals surface area contributed by atoms with E-state index in [1.165, 1.54) is 20.3 Å². The lowest BCUT2D eigenvalue weighted by Gasteiger charge is -2.38. The molecule has 4 heterocycles. The van der Waals surface area contributed by atoms with Crippen molar-refractivity contribution in [2.45, 2.75) is 92.3 Å². The number of hydrogen-bond acceptors (Lipinski definition) is 12. The second-order valence-electron chi connectivity index (χ2n) is 16.1. The summed E-state index contributed by atoms with van der Waals surface area (Å²) < 4.78 is 25.7. The number of carbonyl (C=O) groups excluding carboxylic acids is 3. The minimum atomic E-state index is -1.63. The Balaban J connectivity index is 1.59. The number of aromatic hydroxyl groups is 2. The fraction of sp³-hybridized carbons (Fsp3) is 0.455. The molecule has 0 saturated carbocycles. The first-order chi connectivity index (χ1) is 27.3. The molecule has 14 heteroatoms. The van der Waals surface area contributed by atoms with Gasteiger partial charge >= 0.3 is 5.97 Å². The zero-order chi connectivity index (χ0) is 42.5. The highest BCUT2D eigenvalue weighted by Gasteiger charge is 2.46. The summed E-state index contributed by atoms with van der Waals surface area (Å²) in [4.78, 5) is 45.9. The van der Waals surface area contributed by atoms with E-state index in [-0.39, 0.29) is 62.3 Å². The van der Waals surface area contributed by atoms with Crippen LogP contribution < -0.4 is 10.1 Å². The number of rotatable bonds is 2. The SMILES string of the molecule is COC1/C=C/OC2(C)COc3c(C)c(O)c4c(O)c(c5c(nc6cc(C)ccn65)c4c3C2=O)NC(=O)/C(C)=C\C=C\C(C)C(O)C(C)C(O)C(C)C(OC(C)=O)C1C. The van der Waals surface area contributed by atoms with Gasteiger partial charge in [0.15, 0.2) is 5.75 Å². The van der Waals surface area contributed by atoms with Crippen LogP contribution in [-0.4, -0.2) is 91.2 Å². The standard InChI is InChI=1S/C44H53N3O11/c1-20-14-16-47-29(18-20)45-33-30-31-38(51)26(7)41-32(30)42(53)44(9,19-56-41)57-17-15-28(55-10)23(4)40(58-27(8)48)25(6)37(50)24(5)36(49)21(2)12-11-13-22(3)43(54)46-34(35(33)47)39(31)52/h11-18,21,23-25,28,36-37,40,49-52H,19H2,1-10H3,(H,46,54)/b12-11+,17-15+,22-13-. The number of fused-ring (bicyclic) bond motifs is 2. The first-order valence-corrected chi connectivity index (χ1v) is 19.4. The first kappa shape index (κ1) is 42.2. The van der Waals surface area contributed by atoms with Crippen LogP contribution >= 0.6 is 0 Å². The van der Waals surface area contributed by atoms with Crippen molar-refractivity contribution in [3.05, 3.63) is 71.2 Å². The zero-order valence-electron chi connectivity index (χ0n) is 34.5. The van der Waals surface area contributed by atoms with E-state index in [2.05, 4.69) is 5.32 Å². The van der Waals surface area contributed by atoms with Gasteiger partial charge in [-0.05, 0) is 51.5 Å². The van der Waals surface area contributed by atoms with Gasteiger partial charge in [0.2, 0.25) is 11.4 Å². The Bertz CT molecular complexity index is 2400. The average molecular weight is 800 g/mol. The van der Waals surface area contributed by atoms with E-state index < -0.39 is 77.1 Å². The summed E-state index contributed by atoms with van der Waals surface area (Å²) in [7, 11) is 1.47. The van der Waals surface area contributed by atoms with Crippen LogP contribution in [0.25, 0.3) is 27.5 Å². The number of benzene rings is 2. The number of amides is 1. The smallest absolute Gasteiger partial charge is 0.302 e. The molecule has 14 nitrogen and oxygen atoms in total. The van der Waals surface area contributed by atoms with Crippen LogP contribution in [0.15, 0.2) is 54.5 Å². The predicted molar refractivity (Wildman–Crippen MR) is 218 cm³/mol. The lowest BCUT2D eigenvalue weighted by molar-refractivity contribution is -0.160. The molecular formula is C44H53N3O11. The van der Waals surface area contributed by atoms with E-state index in [4.69, 9.17) is 23.9 Å². The normalized spacial score (nSPS) is 30.7. The van der Waals surface area contributed by atoms with Crippen LogP contribution in [-0.2, 0) is 23.8 Å². The number of ether oxygens (including phenoxy) is 4. The quantitative estimate of drug-likeness (QED) is 0.114. The van der Waals surface area contributed by atoms with E-state index in [9.17, 15) is 34.8 Å². The Labute approximate surface area is 336 Å². The Morgan fingerprint density at radius 1 is 1.00 bits per heavy atom. The molecular weight excluding hydrogens is 746 g/mol. The number of aliphatic hydroxyl groups excluding tert-OH is 2. The number of nitrogens with one attached hydrogen (secondary N) is 1. The van der Waals surface area contributed by atoms with Crippen LogP contribution in [0.5, 0.6) is 17.2 Å². The number of hydrogen-bond donors (Lipinski definition) is 5. The van der Waals surface area contributed by atoms with Gasteiger partial charge in [-0.15, -0.1) is 0 Å². The van der Waals surface area contributed by atoms with Crippen LogP contribution in [0.2, 0.25) is 0 Å². The third kappa shape index (κ3) is 7.29. The van der Waals surface area contributed by atoms with Crippen molar-refractivity contribution < 1.29 is 53.8 Å². The van der Waals surface area contributed by atoms with Gasteiger partial charge in [-0.3, -0.25) is 18.8 Å². The number of anilines is 1. The number of Topliss-reactive ketones (excluding diaryl/α,β-unsaturated/α-hetero) is 1. The van der Waals surface area contributed by atoms with Crippen LogP contribution in [0, 0.1) is 37.5 Å². The highest BCUT2D eigenvalue weighted by molar-refractivity contribution is 6.28. The number of phenols is 2. The Hall–Kier alpha value is -5.44. The van der Waals surface area contributed by atoms with Crippen molar-refractivity contribution in [3.63, 3.8) is 0 Å². The van der Waals surface area contributed by atoms with Crippen molar-refractivity contribution in [2.24, 2.45) is 23.7 Å². The van der Waals surface area contributed by atoms with Crippen LogP contribution in [0.3, 0.4) is 0 Å². The molecule has 2 aromatic carbocycles. The summed E-state index contributed by atoms with van der Waals surface area (Å²) in [6, 6.07) is 3.65. The Morgan fingerprint density at radius 2 is 1.71 bits per heavy atom. The van der Waals surface area contributed by atoms with Crippen molar-refractivity contribution in [1.29, 1.82) is 0 Å². The molecule has 2 aliphatic rings. The number of carbonyl (C=O) groups is 3. The number of allylic oxidation sites excluding steroid dienone is 2. The number of ketones is 1. The Kier molecular flexibility index (Phi) is 11.7. The van der Waals surface area contributed by atoms with Crippen molar-refractivity contribution in [1.82, 2.24) is 9.38 Å². The number of aryl methyl sites for hydroxylation is 1. The van der Waals surface area contributed by atoms with Gasteiger partial charge in [0, 0.05) is 60.4 Å². The number of phenolic OH excluding ortho intramolecular Hbond substituents is 2. The molecule has 2 aliphatic heterocycles. The highest BCUT2D eigenvalue weighted by atomic mass is 16.6. The Morgan fingerprint density at radius 3 is 2.38 bits per heavy atom. The molecule has 9 unspecified atom stereocenters. The number of aromatic nitrogens is 2. The van der Waals surface area contributed by atoms with E-state index in [0.29, 0.717) is 5.65 Å². The summed E-state index contributed by atoms with van der Waals surface area (Å²) in [5.41, 5.74) is 0.623. The summed E-state index contributed by atoms with van der Waals surface area (Å²) >= 11 is 0. The number of esters is 1. The minimum Gasteiger partial charge on any atom is -0.507 e. The largest absolute Gasteiger partial charge is 0.507 e. The molecule has 4 bridgehead atoms. The molecule has 58 heavy (non-hydrogen) atoms. The lowest BCUT2D eigenvalue weighted by Crippen LogP contribution is -2.47. The number of nitrogens with zero attached hydrogens (tertiary/aromatic N) is 2. The molecule has 2 aromatic heterocycles. The van der Waals surface area contributed by atoms with Gasteiger partial charge in [-0.1, -0.05) is 45.9 Å². The second kappa shape index (κ2) is 16.1. The van der Waals surface area contributed by atoms with E-state index in [1.807, 2.05) is 19.1 Å². The third-order valence-electron chi connectivity index (χ3n) is 11.8. The summed E-state index contributed by atoms with van der Waals surface area (Å²) in [6.07, 6.45) is 5.79. The van der Waals surface area contributed by atoms with Gasteiger partial charge in [-0.25, -0.2) is 4.98 Å². The molecule has 0 aliphatic carbocycles. The van der Waals surface area contributed by atoms with Crippen LogP contribution in [0.1, 0.15) is 70.0 Å². The number of pyridine rings is 1. The van der Waals surface area contributed by atoms with E-state index in [0.717, 1.165) is 5.56 Å². The topological polar surface area (TPSA) is 198 Å². The molecule has 1 amide bonds. The molecule has 0 saturated heterocycles. The third-order valence-corrected chi connectivity index (χ3v) is 11.8. The molecule has 0 spiro atoms. The van der Waals surface area contributed by atoms with Gasteiger partial charge in [0.05, 0.1) is 35.5 Å². The summed E-state index contributed by atoms with van der Waals surface area (Å²) in [6.45, 7) is 14.7. The summed E-state index contributed by atoms with van der Waals surface area (Å²) in [5, 5.41) is 49.5. The van der Waals surface area contributed by atoms with Gasteiger partial charge in [0.25, 0.3) is 5.91 Å². The maximum Gasteiger partial charge on any atom is 0.302 e. The lowest BCUT2D eigenvalue weighted by atomic mass is 9.78. The van der Waals surface area contributed by atoms with Crippen molar-refractivity contribution >= 4 is 50.8 Å². The molecule has 5 N–H and O–H groups in total. The molecule has 6 rings (SSSR count). The van der Waals surface area contributed by atoms with Crippen LogP contribution in [0.4, 0.5) is 5.69 Å². The van der Waals surface area contributed by atoms with Gasteiger partial charge < -0.3 is 44.7 Å². The molecule has 0 fully saturated rings. The minimum absolute atomic E-state index is 0.0289. The average Bonchev–Trinajstić information content (AvgIpc) is 3.56. The molecule has 310 valence electrons. The highest BCUT2D eigenvalue weighted by Crippen LogP contribution is 2.52. The summed E-state index contributed by atoms with van der Waals surface area (Å²) in [5.74, 6) is -4.75. The van der Waals surface area contributed by atoms with Crippen molar-refractivity contribution in [2.75, 3.05) is 19.0 Å². The second-order valence-corrected chi connectivity index (χ2v) is 16.1. The van der Waals surface area contributed by atoms with E-state index in [1.54, 1.807) is 83.4 Å². The predicted octanol–water partition coefficient (Wildman–Crippen LogP) is 6.20. The molecule has 0 radical (unpaired) electrons.